The highest BCUT2D eigenvalue weighted by Gasteiger charge is 2.32. The second-order valence-corrected chi connectivity index (χ2v) is 3.54. The van der Waals surface area contributed by atoms with Crippen LogP contribution in [0, 0.1) is 0 Å². The first-order valence-corrected chi connectivity index (χ1v) is 4.45. The Hall–Kier alpha value is -0.830. The van der Waals surface area contributed by atoms with Crippen LogP contribution >= 0.6 is 0 Å². The maximum atomic E-state index is 4.97. The summed E-state index contributed by atoms with van der Waals surface area (Å²) in [5.41, 5.74) is 2.43. The van der Waals surface area contributed by atoms with Crippen LogP contribution in [0.5, 0.6) is 0 Å². The van der Waals surface area contributed by atoms with Crippen molar-refractivity contribution in [1.29, 1.82) is 0 Å². The van der Waals surface area contributed by atoms with Crippen LogP contribution in [0.3, 0.4) is 0 Å². The van der Waals surface area contributed by atoms with Gasteiger partial charge >= 0.3 is 0 Å². The lowest BCUT2D eigenvalue weighted by Gasteiger charge is -2.32. The van der Waals surface area contributed by atoms with E-state index < -0.39 is 0 Å². The van der Waals surface area contributed by atoms with Gasteiger partial charge in [-0.2, -0.15) is 0 Å². The Labute approximate surface area is 72.1 Å². The molecule has 1 aliphatic heterocycles. The summed E-state index contributed by atoms with van der Waals surface area (Å²) in [4.78, 5) is 0. The average Bonchev–Trinajstić information content (AvgIpc) is 2.54. The zero-order chi connectivity index (χ0) is 8.60. The van der Waals surface area contributed by atoms with Crippen LogP contribution in [0.2, 0.25) is 0 Å². The third kappa shape index (κ3) is 0.966. The average molecular weight is 166 g/mol. The third-order valence-electron chi connectivity index (χ3n) is 2.82. The molecule has 0 saturated heterocycles. The molecule has 3 heteroatoms. The van der Waals surface area contributed by atoms with Crippen molar-refractivity contribution in [3.8, 4) is 0 Å². The summed E-state index contributed by atoms with van der Waals surface area (Å²) in [6, 6.07) is 0. The van der Waals surface area contributed by atoms with Crippen molar-refractivity contribution in [2.24, 2.45) is 0 Å². The van der Waals surface area contributed by atoms with E-state index in [2.05, 4.69) is 24.3 Å². The van der Waals surface area contributed by atoms with Gasteiger partial charge in [0.2, 0.25) is 0 Å². The zero-order valence-electron chi connectivity index (χ0n) is 7.55. The molecule has 0 amide bonds. The number of aromatic nitrogens is 1. The van der Waals surface area contributed by atoms with Gasteiger partial charge in [0.1, 0.15) is 6.26 Å². The lowest BCUT2D eigenvalue weighted by atomic mass is 9.86. The van der Waals surface area contributed by atoms with Crippen molar-refractivity contribution in [1.82, 2.24) is 10.5 Å². The van der Waals surface area contributed by atoms with Crippen LogP contribution in [0.25, 0.3) is 0 Å². The van der Waals surface area contributed by atoms with Gasteiger partial charge in [-0.1, -0.05) is 12.1 Å². The Morgan fingerprint density at radius 2 is 2.58 bits per heavy atom. The van der Waals surface area contributed by atoms with Gasteiger partial charge in [-0.25, -0.2) is 0 Å². The van der Waals surface area contributed by atoms with Crippen LogP contribution < -0.4 is 5.32 Å². The molecule has 0 fully saturated rings. The molecule has 0 aliphatic carbocycles. The third-order valence-corrected chi connectivity index (χ3v) is 2.82. The number of fused-ring (bicyclic) bond motifs is 1. The minimum absolute atomic E-state index is 0.0770. The maximum Gasteiger partial charge on any atom is 0.129 e. The smallest absolute Gasteiger partial charge is 0.129 e. The monoisotopic (exact) mass is 166 g/mol. The van der Waals surface area contributed by atoms with Gasteiger partial charge in [0.05, 0.1) is 5.69 Å². The number of rotatable bonds is 1. The Kier molecular flexibility index (Phi) is 1.68. The van der Waals surface area contributed by atoms with Gasteiger partial charge in [-0.05, 0) is 13.3 Å². The molecule has 0 radical (unpaired) electrons. The first kappa shape index (κ1) is 7.80. The van der Waals surface area contributed by atoms with Crippen molar-refractivity contribution in [2.75, 3.05) is 6.54 Å². The Morgan fingerprint density at radius 3 is 3.33 bits per heavy atom. The van der Waals surface area contributed by atoms with Crippen LogP contribution in [0.1, 0.15) is 31.5 Å². The summed E-state index contributed by atoms with van der Waals surface area (Å²) in [6.45, 7) is 5.38. The highest BCUT2D eigenvalue weighted by atomic mass is 16.5. The Balaban J connectivity index is 2.44. The first-order valence-electron chi connectivity index (χ1n) is 4.45. The molecular formula is C9H14N2O. The molecule has 0 saturated carbocycles. The lowest BCUT2D eigenvalue weighted by Crippen LogP contribution is -2.44. The molecule has 1 unspecified atom stereocenters. The molecule has 1 aromatic heterocycles. The summed E-state index contributed by atoms with van der Waals surface area (Å²) >= 11 is 0. The van der Waals surface area contributed by atoms with E-state index in [-0.39, 0.29) is 5.54 Å². The fourth-order valence-electron chi connectivity index (χ4n) is 1.76. The largest absolute Gasteiger partial charge is 0.364 e. The predicted octanol–water partition coefficient (Wildman–Crippen LogP) is 1.45. The Bertz CT molecular complexity index is 282. The molecule has 0 spiro atoms. The lowest BCUT2D eigenvalue weighted by molar-refractivity contribution is 0.335. The second kappa shape index (κ2) is 2.59. The van der Waals surface area contributed by atoms with Crippen molar-refractivity contribution in [2.45, 2.75) is 32.2 Å². The van der Waals surface area contributed by atoms with Crippen LogP contribution in [0.15, 0.2) is 10.8 Å². The van der Waals surface area contributed by atoms with E-state index in [1.165, 1.54) is 5.56 Å². The maximum absolute atomic E-state index is 4.97. The topological polar surface area (TPSA) is 38.1 Å². The standard InChI is InChI=1S/C9H14N2O/c1-3-9(2)7-6-12-11-8(7)4-5-10-9/h6,10H,3-5H2,1-2H3. The number of nitrogens with zero attached hydrogens (tertiary/aromatic N) is 1. The fraction of sp³-hybridized carbons (Fsp3) is 0.667. The van der Waals surface area contributed by atoms with Crippen molar-refractivity contribution < 1.29 is 4.52 Å². The summed E-state index contributed by atoms with van der Waals surface area (Å²) in [6.07, 6.45) is 3.83. The highest BCUT2D eigenvalue weighted by molar-refractivity contribution is 5.27. The molecule has 0 aromatic carbocycles. The molecule has 1 aliphatic rings. The van der Waals surface area contributed by atoms with Gasteiger partial charge in [-0.3, -0.25) is 0 Å². The molecule has 1 atom stereocenters. The van der Waals surface area contributed by atoms with E-state index in [1.54, 1.807) is 6.26 Å². The van der Waals surface area contributed by atoms with Crippen molar-refractivity contribution in [3.63, 3.8) is 0 Å². The van der Waals surface area contributed by atoms with E-state index in [0.717, 1.165) is 25.1 Å². The fourth-order valence-corrected chi connectivity index (χ4v) is 1.76. The summed E-state index contributed by atoms with van der Waals surface area (Å²) < 4.78 is 4.97. The summed E-state index contributed by atoms with van der Waals surface area (Å²) in [7, 11) is 0. The molecule has 12 heavy (non-hydrogen) atoms. The van der Waals surface area contributed by atoms with Gasteiger partial charge in [0.15, 0.2) is 0 Å². The van der Waals surface area contributed by atoms with Gasteiger partial charge in [-0.15, -0.1) is 0 Å². The van der Waals surface area contributed by atoms with Gasteiger partial charge < -0.3 is 9.84 Å². The van der Waals surface area contributed by atoms with Crippen LogP contribution in [-0.4, -0.2) is 11.7 Å². The van der Waals surface area contributed by atoms with E-state index in [1.807, 2.05) is 0 Å². The molecule has 2 heterocycles. The second-order valence-electron chi connectivity index (χ2n) is 3.54. The number of hydrogen-bond donors (Lipinski definition) is 1. The van der Waals surface area contributed by atoms with Crippen molar-refractivity contribution >= 4 is 0 Å². The molecular weight excluding hydrogens is 152 g/mol. The molecule has 3 nitrogen and oxygen atoms in total. The zero-order valence-corrected chi connectivity index (χ0v) is 7.55. The molecule has 2 rings (SSSR count). The van der Waals surface area contributed by atoms with E-state index in [4.69, 9.17) is 4.52 Å². The summed E-state index contributed by atoms with van der Waals surface area (Å²) in [5, 5.41) is 7.47. The Morgan fingerprint density at radius 1 is 1.75 bits per heavy atom. The van der Waals surface area contributed by atoms with Crippen LogP contribution in [0.4, 0.5) is 0 Å². The van der Waals surface area contributed by atoms with E-state index >= 15 is 0 Å². The highest BCUT2D eigenvalue weighted by Crippen LogP contribution is 2.30. The number of hydrogen-bond acceptors (Lipinski definition) is 3. The minimum Gasteiger partial charge on any atom is -0.364 e. The molecule has 1 aromatic rings. The minimum atomic E-state index is 0.0770. The first-order chi connectivity index (χ1) is 5.76. The number of nitrogens with one attached hydrogen (secondary N) is 1. The molecule has 66 valence electrons. The van der Waals surface area contributed by atoms with Gasteiger partial charge in [0.25, 0.3) is 0 Å². The SMILES string of the molecule is CCC1(C)NCCc2nocc21. The molecule has 1 N–H and O–H groups in total. The molecule has 0 bridgehead atoms. The van der Waals surface area contributed by atoms with E-state index in [0.29, 0.717) is 0 Å². The van der Waals surface area contributed by atoms with E-state index in [9.17, 15) is 0 Å². The van der Waals surface area contributed by atoms with Gasteiger partial charge in [0, 0.05) is 24.1 Å². The predicted molar refractivity (Wildman–Crippen MR) is 45.9 cm³/mol. The van der Waals surface area contributed by atoms with Crippen molar-refractivity contribution in [3.05, 3.63) is 17.5 Å². The van der Waals surface area contributed by atoms with Crippen LogP contribution in [-0.2, 0) is 12.0 Å². The quantitative estimate of drug-likeness (QED) is 0.686. The normalized spacial score (nSPS) is 28.5. The summed E-state index contributed by atoms with van der Waals surface area (Å²) in [5.74, 6) is 0.